The zero-order valence-electron chi connectivity index (χ0n) is 12.5. The molecule has 0 aliphatic heterocycles. The van der Waals surface area contributed by atoms with Gasteiger partial charge in [-0.3, -0.25) is 4.79 Å². The molecular weight excluding hydrogens is 282 g/mol. The quantitative estimate of drug-likeness (QED) is 0.893. The second-order valence-electron chi connectivity index (χ2n) is 6.30. The predicted octanol–water partition coefficient (Wildman–Crippen LogP) is 3.45. The Kier molecular flexibility index (Phi) is 3.71. The van der Waals surface area contributed by atoms with Crippen LogP contribution in [0.3, 0.4) is 0 Å². The van der Waals surface area contributed by atoms with Gasteiger partial charge in [0.2, 0.25) is 5.91 Å². The Bertz CT molecular complexity index is 681. The first-order valence-electron chi connectivity index (χ1n) is 7.44. The van der Waals surface area contributed by atoms with E-state index in [1.54, 1.807) is 0 Å². The maximum atomic E-state index is 12.5. The third-order valence-corrected chi connectivity index (χ3v) is 5.18. The molecule has 2 aromatic rings. The molecule has 3 rings (SSSR count). The number of anilines is 1. The third-order valence-electron chi connectivity index (χ3n) is 4.25. The molecule has 1 aliphatic carbocycles. The van der Waals surface area contributed by atoms with Crippen molar-refractivity contribution in [2.75, 3.05) is 5.32 Å². The van der Waals surface area contributed by atoms with E-state index >= 15 is 0 Å². The van der Waals surface area contributed by atoms with Crippen molar-refractivity contribution in [3.05, 3.63) is 23.8 Å². The molecule has 0 saturated heterocycles. The molecule has 1 fully saturated rings. The summed E-state index contributed by atoms with van der Waals surface area (Å²) in [6, 6.07) is 6.10. The van der Waals surface area contributed by atoms with Gasteiger partial charge in [0.05, 0.1) is 15.8 Å². The fourth-order valence-electron chi connectivity index (χ4n) is 3.11. The van der Waals surface area contributed by atoms with E-state index in [9.17, 15) is 4.79 Å². The fourth-order valence-corrected chi connectivity index (χ4v) is 4.06. The van der Waals surface area contributed by atoms with Crippen LogP contribution in [0.2, 0.25) is 0 Å². The zero-order valence-corrected chi connectivity index (χ0v) is 13.3. The van der Waals surface area contributed by atoms with Crippen molar-refractivity contribution >= 4 is 32.6 Å². The van der Waals surface area contributed by atoms with Gasteiger partial charge in [0.1, 0.15) is 0 Å². The molecule has 0 bridgehead atoms. The minimum atomic E-state index is -0.745. The van der Waals surface area contributed by atoms with E-state index in [0.717, 1.165) is 35.9 Å². The molecule has 1 saturated carbocycles. The summed E-state index contributed by atoms with van der Waals surface area (Å²) in [5.41, 5.74) is 7.69. The maximum Gasteiger partial charge on any atom is 0.246 e. The first kappa shape index (κ1) is 14.5. The van der Waals surface area contributed by atoms with Crippen LogP contribution in [-0.2, 0) is 4.79 Å². The molecule has 2 atom stereocenters. The monoisotopic (exact) mass is 303 g/mol. The number of aromatic nitrogens is 1. The summed E-state index contributed by atoms with van der Waals surface area (Å²) in [7, 11) is 0. The lowest BCUT2D eigenvalue weighted by molar-refractivity contribution is -0.122. The summed E-state index contributed by atoms with van der Waals surface area (Å²) >= 11 is 1.50. The molecule has 21 heavy (non-hydrogen) atoms. The summed E-state index contributed by atoms with van der Waals surface area (Å²) in [6.45, 7) is 4.21. The zero-order chi connectivity index (χ0) is 15.0. The number of hydrogen-bond acceptors (Lipinski definition) is 4. The third kappa shape index (κ3) is 2.94. The molecule has 4 nitrogen and oxygen atoms in total. The van der Waals surface area contributed by atoms with E-state index in [4.69, 9.17) is 5.73 Å². The normalized spacial score (nSPS) is 26.0. The number of hydrogen-bond donors (Lipinski definition) is 2. The van der Waals surface area contributed by atoms with Gasteiger partial charge < -0.3 is 11.1 Å². The highest BCUT2D eigenvalue weighted by atomic mass is 32.1. The van der Waals surface area contributed by atoms with E-state index in [1.807, 2.05) is 12.1 Å². The molecule has 112 valence electrons. The molecule has 0 spiro atoms. The predicted molar refractivity (Wildman–Crippen MR) is 87.5 cm³/mol. The van der Waals surface area contributed by atoms with Crippen LogP contribution in [0.15, 0.2) is 18.2 Å². The van der Waals surface area contributed by atoms with E-state index in [1.165, 1.54) is 16.9 Å². The lowest BCUT2D eigenvalue weighted by atomic mass is 9.76. The van der Waals surface area contributed by atoms with Crippen LogP contribution in [0, 0.1) is 12.8 Å². The number of carbonyl (C=O) groups excluding carboxylic acids is 1. The van der Waals surface area contributed by atoms with E-state index in [-0.39, 0.29) is 5.91 Å². The van der Waals surface area contributed by atoms with E-state index in [0.29, 0.717) is 11.0 Å². The van der Waals surface area contributed by atoms with Crippen molar-refractivity contribution in [2.24, 2.45) is 11.7 Å². The molecule has 3 N–H and O–H groups in total. The highest BCUT2D eigenvalue weighted by Crippen LogP contribution is 2.32. The summed E-state index contributed by atoms with van der Waals surface area (Å²) in [5, 5.41) is 3.57. The van der Waals surface area contributed by atoms with Crippen molar-refractivity contribution in [3.8, 4) is 0 Å². The lowest BCUT2D eigenvalue weighted by Gasteiger charge is -2.34. The lowest BCUT2D eigenvalue weighted by Crippen LogP contribution is -2.53. The number of benzene rings is 1. The van der Waals surface area contributed by atoms with Crippen LogP contribution in [0.4, 0.5) is 5.13 Å². The Hall–Kier alpha value is -1.46. The number of rotatable bonds is 2. The van der Waals surface area contributed by atoms with Crippen LogP contribution >= 0.6 is 11.3 Å². The number of carbonyl (C=O) groups is 1. The highest BCUT2D eigenvalue weighted by molar-refractivity contribution is 7.22. The van der Waals surface area contributed by atoms with Crippen molar-refractivity contribution in [1.29, 1.82) is 0 Å². The molecule has 1 aromatic carbocycles. The molecular formula is C16H21N3OS. The molecule has 5 heteroatoms. The van der Waals surface area contributed by atoms with Gasteiger partial charge in [0, 0.05) is 0 Å². The Balaban J connectivity index is 1.79. The number of nitrogens with zero attached hydrogens (tertiary/aromatic N) is 1. The van der Waals surface area contributed by atoms with Crippen LogP contribution in [-0.4, -0.2) is 16.4 Å². The van der Waals surface area contributed by atoms with Gasteiger partial charge in [0.25, 0.3) is 0 Å². The number of aryl methyl sites for hydroxylation is 1. The van der Waals surface area contributed by atoms with Gasteiger partial charge >= 0.3 is 0 Å². The summed E-state index contributed by atoms with van der Waals surface area (Å²) in [4.78, 5) is 17.0. The van der Waals surface area contributed by atoms with Crippen LogP contribution in [0.5, 0.6) is 0 Å². The molecule has 1 amide bonds. The second kappa shape index (κ2) is 5.39. The summed E-state index contributed by atoms with van der Waals surface area (Å²) in [5.74, 6) is 0.414. The first-order chi connectivity index (χ1) is 9.96. The average molecular weight is 303 g/mol. The van der Waals surface area contributed by atoms with Crippen molar-refractivity contribution < 1.29 is 4.79 Å². The molecule has 2 unspecified atom stereocenters. The summed E-state index contributed by atoms with van der Waals surface area (Å²) in [6.07, 6.45) is 3.69. The number of nitrogens with two attached hydrogens (primary N) is 1. The van der Waals surface area contributed by atoms with Gasteiger partial charge in [0.15, 0.2) is 5.13 Å². The number of nitrogens with one attached hydrogen (secondary N) is 1. The number of thiazole rings is 1. The Morgan fingerprint density at radius 2 is 2.33 bits per heavy atom. The SMILES string of the molecule is Cc1ccc2nc(NC(=O)C3(N)CCCC(C)C3)sc2c1. The van der Waals surface area contributed by atoms with Gasteiger partial charge in [-0.1, -0.05) is 37.2 Å². The van der Waals surface area contributed by atoms with Gasteiger partial charge in [-0.2, -0.15) is 0 Å². The van der Waals surface area contributed by atoms with Crippen molar-refractivity contribution in [1.82, 2.24) is 4.98 Å². The minimum absolute atomic E-state index is 0.0928. The van der Waals surface area contributed by atoms with Gasteiger partial charge in [-0.15, -0.1) is 0 Å². The van der Waals surface area contributed by atoms with Crippen LogP contribution < -0.4 is 11.1 Å². The molecule has 1 heterocycles. The smallest absolute Gasteiger partial charge is 0.246 e. The maximum absolute atomic E-state index is 12.5. The van der Waals surface area contributed by atoms with Crippen molar-refractivity contribution in [2.45, 2.75) is 45.1 Å². The van der Waals surface area contributed by atoms with Gasteiger partial charge in [-0.05, 0) is 43.4 Å². The standard InChI is InChI=1S/C16H21N3OS/c1-10-5-6-12-13(8-10)21-15(18-12)19-14(20)16(17)7-3-4-11(2)9-16/h5-6,8,11H,3-4,7,9,17H2,1-2H3,(H,18,19,20). The Morgan fingerprint density at radius 3 is 3.10 bits per heavy atom. The molecule has 1 aromatic heterocycles. The van der Waals surface area contributed by atoms with E-state index in [2.05, 4.69) is 30.2 Å². The van der Waals surface area contributed by atoms with Crippen molar-refractivity contribution in [3.63, 3.8) is 0 Å². The topological polar surface area (TPSA) is 68.0 Å². The number of amides is 1. The Morgan fingerprint density at radius 1 is 1.52 bits per heavy atom. The minimum Gasteiger partial charge on any atom is -0.317 e. The highest BCUT2D eigenvalue weighted by Gasteiger charge is 2.38. The van der Waals surface area contributed by atoms with Gasteiger partial charge in [-0.25, -0.2) is 4.98 Å². The van der Waals surface area contributed by atoms with E-state index < -0.39 is 5.54 Å². The largest absolute Gasteiger partial charge is 0.317 e. The number of fused-ring (bicyclic) bond motifs is 1. The molecule has 0 radical (unpaired) electrons. The first-order valence-corrected chi connectivity index (χ1v) is 8.25. The summed E-state index contributed by atoms with van der Waals surface area (Å²) < 4.78 is 1.09. The molecule has 1 aliphatic rings. The fraction of sp³-hybridized carbons (Fsp3) is 0.500. The van der Waals surface area contributed by atoms with Crippen LogP contribution in [0.1, 0.15) is 38.2 Å². The second-order valence-corrected chi connectivity index (χ2v) is 7.33. The van der Waals surface area contributed by atoms with Crippen LogP contribution in [0.25, 0.3) is 10.2 Å². The Labute approximate surface area is 128 Å². The average Bonchev–Trinajstić information content (AvgIpc) is 2.79.